The molecule has 1 heterocycles. The van der Waals surface area contributed by atoms with Gasteiger partial charge in [0.05, 0.1) is 18.6 Å². The van der Waals surface area contributed by atoms with Gasteiger partial charge in [-0.1, -0.05) is 18.2 Å². The molecule has 162 valence electrons. The summed E-state index contributed by atoms with van der Waals surface area (Å²) in [6.07, 6.45) is -0.284. The van der Waals surface area contributed by atoms with E-state index in [2.05, 4.69) is 0 Å². The van der Waals surface area contributed by atoms with Crippen LogP contribution < -0.4 is 9.47 Å². The lowest BCUT2D eigenvalue weighted by Gasteiger charge is -2.31. The largest absolute Gasteiger partial charge is 0.497 e. The molecule has 7 heteroatoms. The molecule has 1 fully saturated rings. The predicted octanol–water partition coefficient (Wildman–Crippen LogP) is 3.30. The molecule has 0 aliphatic carbocycles. The van der Waals surface area contributed by atoms with Gasteiger partial charge in [-0.2, -0.15) is 0 Å². The average Bonchev–Trinajstić information content (AvgIpc) is 3.04. The molecule has 1 aliphatic heterocycles. The summed E-state index contributed by atoms with van der Waals surface area (Å²) in [7, 11) is -1.53. The minimum absolute atomic E-state index is 0.00876. The Morgan fingerprint density at radius 3 is 2.27 bits per heavy atom. The van der Waals surface area contributed by atoms with Crippen molar-refractivity contribution in [3.05, 3.63) is 59.2 Å². The van der Waals surface area contributed by atoms with Crippen molar-refractivity contribution in [2.24, 2.45) is 0 Å². The molecule has 0 spiro atoms. The SMILES string of the molecule is COc1ccc(CN(C(=O)C(C)Oc2cc(C)cc(C)c2)C2CCS(=O)(=O)C2)cc1. The van der Waals surface area contributed by atoms with Gasteiger partial charge in [0.1, 0.15) is 11.5 Å². The van der Waals surface area contributed by atoms with Crippen LogP contribution >= 0.6 is 0 Å². The molecule has 2 aromatic rings. The van der Waals surface area contributed by atoms with E-state index in [-0.39, 0.29) is 23.5 Å². The van der Waals surface area contributed by atoms with E-state index in [1.165, 1.54) is 0 Å². The van der Waals surface area contributed by atoms with E-state index in [0.29, 0.717) is 18.7 Å². The van der Waals surface area contributed by atoms with Gasteiger partial charge in [0, 0.05) is 12.6 Å². The Labute approximate surface area is 178 Å². The van der Waals surface area contributed by atoms with Gasteiger partial charge in [-0.25, -0.2) is 8.42 Å². The van der Waals surface area contributed by atoms with Crippen LogP contribution in [0.15, 0.2) is 42.5 Å². The fourth-order valence-corrected chi connectivity index (χ4v) is 5.56. The van der Waals surface area contributed by atoms with E-state index < -0.39 is 15.9 Å². The third-order valence-corrected chi connectivity index (χ3v) is 7.05. The van der Waals surface area contributed by atoms with E-state index in [9.17, 15) is 13.2 Å². The summed E-state index contributed by atoms with van der Waals surface area (Å²) in [4.78, 5) is 15.0. The highest BCUT2D eigenvalue weighted by molar-refractivity contribution is 7.91. The summed E-state index contributed by atoms with van der Waals surface area (Å²) >= 11 is 0. The van der Waals surface area contributed by atoms with Gasteiger partial charge in [0.15, 0.2) is 15.9 Å². The minimum Gasteiger partial charge on any atom is -0.497 e. The lowest BCUT2D eigenvalue weighted by Crippen LogP contribution is -2.46. The monoisotopic (exact) mass is 431 g/mol. The lowest BCUT2D eigenvalue weighted by atomic mass is 10.1. The van der Waals surface area contributed by atoms with Crippen LogP contribution in [-0.4, -0.2) is 50.0 Å². The van der Waals surface area contributed by atoms with Gasteiger partial charge in [-0.3, -0.25) is 4.79 Å². The number of carbonyl (C=O) groups excluding carboxylic acids is 1. The highest BCUT2D eigenvalue weighted by Gasteiger charge is 2.36. The van der Waals surface area contributed by atoms with E-state index in [1.807, 2.05) is 56.3 Å². The van der Waals surface area contributed by atoms with Crippen LogP contribution in [0.25, 0.3) is 0 Å². The zero-order valence-electron chi connectivity index (χ0n) is 17.9. The third-order valence-electron chi connectivity index (χ3n) is 5.30. The van der Waals surface area contributed by atoms with Crippen LogP contribution in [-0.2, 0) is 21.2 Å². The molecule has 2 aromatic carbocycles. The van der Waals surface area contributed by atoms with Crippen LogP contribution in [0.1, 0.15) is 30.0 Å². The molecule has 30 heavy (non-hydrogen) atoms. The maximum Gasteiger partial charge on any atom is 0.263 e. The van der Waals surface area contributed by atoms with Crippen molar-refractivity contribution in [2.75, 3.05) is 18.6 Å². The van der Waals surface area contributed by atoms with Crippen molar-refractivity contribution < 1.29 is 22.7 Å². The second kappa shape index (κ2) is 9.08. The van der Waals surface area contributed by atoms with Gasteiger partial charge >= 0.3 is 0 Å². The number of sulfone groups is 1. The lowest BCUT2D eigenvalue weighted by molar-refractivity contribution is -0.140. The average molecular weight is 432 g/mol. The molecule has 3 rings (SSSR count). The van der Waals surface area contributed by atoms with Crippen LogP contribution in [0.2, 0.25) is 0 Å². The summed E-state index contributed by atoms with van der Waals surface area (Å²) in [5.74, 6) is 1.25. The smallest absolute Gasteiger partial charge is 0.263 e. The van der Waals surface area contributed by atoms with Crippen LogP contribution in [0.4, 0.5) is 0 Å². The number of amides is 1. The summed E-state index contributed by atoms with van der Waals surface area (Å²) in [5.41, 5.74) is 3.02. The van der Waals surface area contributed by atoms with E-state index in [0.717, 1.165) is 22.4 Å². The fraction of sp³-hybridized carbons (Fsp3) is 0.435. The van der Waals surface area contributed by atoms with Gasteiger partial charge in [0.25, 0.3) is 5.91 Å². The van der Waals surface area contributed by atoms with Crippen LogP contribution in [0.3, 0.4) is 0 Å². The molecule has 1 aliphatic rings. The first-order valence-electron chi connectivity index (χ1n) is 10.1. The molecular formula is C23H29NO5S. The van der Waals surface area contributed by atoms with E-state index in [1.54, 1.807) is 18.9 Å². The molecule has 0 aromatic heterocycles. The zero-order valence-corrected chi connectivity index (χ0v) is 18.7. The summed E-state index contributed by atoms with van der Waals surface area (Å²) in [6.45, 7) is 5.99. The Balaban J connectivity index is 1.81. The maximum absolute atomic E-state index is 13.3. The Hall–Kier alpha value is -2.54. The molecule has 1 saturated heterocycles. The number of aryl methyl sites for hydroxylation is 2. The molecule has 0 radical (unpaired) electrons. The standard InChI is InChI=1S/C23H29NO5S/c1-16-11-17(2)13-22(12-16)29-18(3)23(25)24(20-9-10-30(26,27)15-20)14-19-5-7-21(28-4)8-6-19/h5-8,11-13,18,20H,9-10,14-15H2,1-4H3. The van der Waals surface area contributed by atoms with Crippen molar-refractivity contribution >= 4 is 15.7 Å². The second-order valence-corrected chi connectivity index (χ2v) is 10.2. The van der Waals surface area contributed by atoms with E-state index >= 15 is 0 Å². The third kappa shape index (κ3) is 5.53. The summed E-state index contributed by atoms with van der Waals surface area (Å²) in [5, 5.41) is 0. The van der Waals surface area contributed by atoms with Crippen LogP contribution in [0.5, 0.6) is 11.5 Å². The highest BCUT2D eigenvalue weighted by atomic mass is 32.2. The summed E-state index contributed by atoms with van der Waals surface area (Å²) in [6, 6.07) is 12.9. The molecule has 2 atom stereocenters. The molecule has 0 N–H and O–H groups in total. The summed E-state index contributed by atoms with van der Waals surface area (Å²) < 4.78 is 35.2. The predicted molar refractivity (Wildman–Crippen MR) is 117 cm³/mol. The fourth-order valence-electron chi connectivity index (χ4n) is 3.82. The molecule has 2 unspecified atom stereocenters. The van der Waals surface area contributed by atoms with Crippen molar-refractivity contribution in [1.82, 2.24) is 4.90 Å². The Morgan fingerprint density at radius 1 is 1.10 bits per heavy atom. The first-order chi connectivity index (χ1) is 14.2. The first-order valence-corrected chi connectivity index (χ1v) is 11.9. The number of carbonyl (C=O) groups is 1. The number of nitrogens with zero attached hydrogens (tertiary/aromatic N) is 1. The zero-order chi connectivity index (χ0) is 21.9. The topological polar surface area (TPSA) is 72.9 Å². The number of ether oxygens (including phenoxy) is 2. The highest BCUT2D eigenvalue weighted by Crippen LogP contribution is 2.24. The van der Waals surface area contributed by atoms with Gasteiger partial charge in [-0.15, -0.1) is 0 Å². The van der Waals surface area contributed by atoms with Crippen molar-refractivity contribution in [3.8, 4) is 11.5 Å². The number of benzene rings is 2. The Kier molecular flexibility index (Phi) is 6.71. The van der Waals surface area contributed by atoms with Gasteiger partial charge < -0.3 is 14.4 Å². The Morgan fingerprint density at radius 2 is 1.73 bits per heavy atom. The number of hydrogen-bond acceptors (Lipinski definition) is 5. The molecule has 1 amide bonds. The van der Waals surface area contributed by atoms with Gasteiger partial charge in [-0.05, 0) is 68.1 Å². The van der Waals surface area contributed by atoms with Crippen molar-refractivity contribution in [3.63, 3.8) is 0 Å². The normalized spacial score (nSPS) is 18.6. The van der Waals surface area contributed by atoms with Crippen LogP contribution in [0, 0.1) is 13.8 Å². The molecule has 0 saturated carbocycles. The quantitative estimate of drug-likeness (QED) is 0.673. The number of methoxy groups -OCH3 is 1. The van der Waals surface area contributed by atoms with Crippen molar-refractivity contribution in [2.45, 2.75) is 45.9 Å². The number of hydrogen-bond donors (Lipinski definition) is 0. The Bertz CT molecular complexity index is 981. The minimum atomic E-state index is -3.13. The second-order valence-electron chi connectivity index (χ2n) is 7.95. The molecule has 6 nitrogen and oxygen atoms in total. The number of rotatable bonds is 7. The van der Waals surface area contributed by atoms with E-state index in [4.69, 9.17) is 9.47 Å². The van der Waals surface area contributed by atoms with Gasteiger partial charge in [0.2, 0.25) is 0 Å². The van der Waals surface area contributed by atoms with Crippen molar-refractivity contribution in [1.29, 1.82) is 0 Å². The maximum atomic E-state index is 13.3. The molecular weight excluding hydrogens is 402 g/mol. The molecule has 0 bridgehead atoms. The first kappa shape index (κ1) is 22.2.